The van der Waals surface area contributed by atoms with Gasteiger partial charge in [-0.3, -0.25) is 9.59 Å². The molecule has 0 aliphatic rings. The largest absolute Gasteiger partial charge is 0.462 e. The highest BCUT2D eigenvalue weighted by Crippen LogP contribution is 2.15. The summed E-state index contributed by atoms with van der Waals surface area (Å²) in [6.07, 6.45) is 72.6. The maximum atomic E-state index is 12.3. The molecule has 0 bridgehead atoms. The van der Waals surface area contributed by atoms with E-state index in [0.29, 0.717) is 12.8 Å². The van der Waals surface area contributed by atoms with Gasteiger partial charge >= 0.3 is 11.9 Å². The number of aliphatic hydroxyl groups excluding tert-OH is 1. The second kappa shape index (κ2) is 52.4. The minimum Gasteiger partial charge on any atom is -0.462 e. The highest BCUT2D eigenvalue weighted by atomic mass is 16.6. The summed E-state index contributed by atoms with van der Waals surface area (Å²) in [4.78, 5) is 24.4. The molecule has 0 rings (SSSR count). The molecule has 0 aliphatic carbocycles. The van der Waals surface area contributed by atoms with Crippen molar-refractivity contribution in [2.24, 2.45) is 0 Å². The van der Waals surface area contributed by atoms with E-state index in [0.717, 1.165) is 83.5 Å². The van der Waals surface area contributed by atoms with Crippen LogP contribution in [0.2, 0.25) is 0 Å². The SMILES string of the molecule is CC/C=C\C/C=C\C/C=C\C/C=C\C/C=C\C/C=C\C/C=C\CCCCCCCCCCCCCCCC(=O)OC(CO)COC(=O)CCCCCCCCCCCCCCC. The van der Waals surface area contributed by atoms with Crippen LogP contribution < -0.4 is 0 Å². The fourth-order valence-electron chi connectivity index (χ4n) is 7.30. The third-order valence-electron chi connectivity index (χ3n) is 11.2. The predicted octanol–water partition coefficient (Wildman–Crippen LogP) is 17.4. The van der Waals surface area contributed by atoms with Gasteiger partial charge < -0.3 is 14.6 Å². The zero-order valence-electron chi connectivity index (χ0n) is 40.6. The van der Waals surface area contributed by atoms with Crippen LogP contribution in [0.1, 0.15) is 245 Å². The Bertz CT molecular complexity index is 1160. The second-order valence-corrected chi connectivity index (χ2v) is 17.2. The molecule has 0 aromatic rings. The normalized spacial score (nSPS) is 12.9. The molecular formula is C57H98O5. The molecule has 0 radical (unpaired) electrons. The Morgan fingerprint density at radius 2 is 0.694 bits per heavy atom. The highest BCUT2D eigenvalue weighted by molar-refractivity contribution is 5.70. The van der Waals surface area contributed by atoms with Crippen molar-refractivity contribution in [3.05, 3.63) is 85.1 Å². The Kier molecular flexibility index (Phi) is 50.0. The van der Waals surface area contributed by atoms with E-state index in [9.17, 15) is 14.7 Å². The van der Waals surface area contributed by atoms with Crippen molar-refractivity contribution in [2.45, 2.75) is 251 Å². The summed E-state index contributed by atoms with van der Waals surface area (Å²) in [7, 11) is 0. The predicted molar refractivity (Wildman–Crippen MR) is 269 cm³/mol. The van der Waals surface area contributed by atoms with E-state index < -0.39 is 6.10 Å². The van der Waals surface area contributed by atoms with Crippen LogP contribution in [0.3, 0.4) is 0 Å². The lowest BCUT2D eigenvalue weighted by atomic mass is 10.0. The van der Waals surface area contributed by atoms with Crippen LogP contribution in [0.15, 0.2) is 85.1 Å². The van der Waals surface area contributed by atoms with E-state index in [1.54, 1.807) is 0 Å². The van der Waals surface area contributed by atoms with Gasteiger partial charge in [0, 0.05) is 12.8 Å². The molecule has 0 heterocycles. The van der Waals surface area contributed by atoms with Gasteiger partial charge in [-0.2, -0.15) is 0 Å². The summed E-state index contributed by atoms with van der Waals surface area (Å²) in [6, 6.07) is 0. The van der Waals surface area contributed by atoms with Gasteiger partial charge in [0.25, 0.3) is 0 Å². The molecule has 62 heavy (non-hydrogen) atoms. The van der Waals surface area contributed by atoms with Crippen LogP contribution in [-0.4, -0.2) is 36.4 Å². The molecule has 1 unspecified atom stereocenters. The monoisotopic (exact) mass is 863 g/mol. The summed E-state index contributed by atoms with van der Waals surface area (Å²) in [6.45, 7) is 4.03. The van der Waals surface area contributed by atoms with E-state index in [1.165, 1.54) is 135 Å². The van der Waals surface area contributed by atoms with E-state index in [4.69, 9.17) is 9.47 Å². The van der Waals surface area contributed by atoms with Gasteiger partial charge in [-0.25, -0.2) is 0 Å². The number of aliphatic hydroxyl groups is 1. The van der Waals surface area contributed by atoms with Gasteiger partial charge in [0.1, 0.15) is 6.61 Å². The number of carbonyl (C=O) groups is 2. The quantitative estimate of drug-likeness (QED) is 0.0375. The van der Waals surface area contributed by atoms with Crippen molar-refractivity contribution >= 4 is 11.9 Å². The first-order valence-electron chi connectivity index (χ1n) is 26.1. The first-order chi connectivity index (χ1) is 30.6. The van der Waals surface area contributed by atoms with Gasteiger partial charge in [0.15, 0.2) is 6.10 Å². The lowest BCUT2D eigenvalue weighted by Crippen LogP contribution is -2.28. The minimum atomic E-state index is -0.773. The van der Waals surface area contributed by atoms with Gasteiger partial charge in [0.2, 0.25) is 0 Å². The molecule has 0 aromatic carbocycles. The first-order valence-corrected chi connectivity index (χ1v) is 26.1. The number of carbonyl (C=O) groups excluding carboxylic acids is 2. The first kappa shape index (κ1) is 59.1. The van der Waals surface area contributed by atoms with Crippen molar-refractivity contribution in [2.75, 3.05) is 13.2 Å². The number of unbranched alkanes of at least 4 members (excludes halogenated alkanes) is 25. The zero-order chi connectivity index (χ0) is 44.9. The number of ether oxygens (including phenoxy) is 2. The third kappa shape index (κ3) is 49.7. The third-order valence-corrected chi connectivity index (χ3v) is 11.2. The molecule has 0 fully saturated rings. The second-order valence-electron chi connectivity index (χ2n) is 17.2. The van der Waals surface area contributed by atoms with Crippen LogP contribution >= 0.6 is 0 Å². The van der Waals surface area contributed by atoms with Gasteiger partial charge in [0.05, 0.1) is 6.61 Å². The van der Waals surface area contributed by atoms with E-state index in [2.05, 4.69) is 98.9 Å². The molecule has 1 atom stereocenters. The van der Waals surface area contributed by atoms with Crippen molar-refractivity contribution in [3.63, 3.8) is 0 Å². The number of rotatable bonds is 47. The average Bonchev–Trinajstić information content (AvgIpc) is 3.28. The summed E-state index contributed by atoms with van der Waals surface area (Å²) in [5.74, 6) is -0.587. The molecule has 0 amide bonds. The van der Waals surface area contributed by atoms with Crippen LogP contribution in [-0.2, 0) is 19.1 Å². The van der Waals surface area contributed by atoms with Crippen molar-refractivity contribution in [1.82, 2.24) is 0 Å². The van der Waals surface area contributed by atoms with Crippen molar-refractivity contribution in [1.29, 1.82) is 0 Å². The summed E-state index contributed by atoms with van der Waals surface area (Å²) in [5, 5.41) is 9.61. The maximum Gasteiger partial charge on any atom is 0.306 e. The number of allylic oxidation sites excluding steroid dienone is 14. The molecule has 5 nitrogen and oxygen atoms in total. The fourth-order valence-corrected chi connectivity index (χ4v) is 7.30. The summed E-state index contributed by atoms with van der Waals surface area (Å²) < 4.78 is 10.7. The number of esters is 2. The van der Waals surface area contributed by atoms with E-state index in [-0.39, 0.29) is 25.2 Å². The fraction of sp³-hybridized carbons (Fsp3) is 0.719. The molecule has 0 spiro atoms. The molecular weight excluding hydrogens is 765 g/mol. The Morgan fingerprint density at radius 3 is 1.05 bits per heavy atom. The van der Waals surface area contributed by atoms with Gasteiger partial charge in [-0.15, -0.1) is 0 Å². The molecule has 356 valence electrons. The van der Waals surface area contributed by atoms with Gasteiger partial charge in [-0.05, 0) is 70.6 Å². The smallest absolute Gasteiger partial charge is 0.306 e. The lowest BCUT2D eigenvalue weighted by Gasteiger charge is -2.15. The standard InChI is InChI=1S/C57H98O5/c1-3-5-7-9-11-13-15-17-18-19-20-21-22-23-24-25-26-27-28-29-30-31-32-33-34-35-36-37-38-40-42-44-46-48-50-52-57(60)62-55(53-58)54-61-56(59)51-49-47-45-43-41-39-16-14-12-10-8-6-4-2/h5,7,11,13,17-18,20-21,23-24,26-27,29-30,55,58H,3-4,6,8-10,12,14-16,19,22,25,28,31-54H2,1-2H3/b7-5-,13-11-,18-17-,21-20-,24-23-,27-26-,30-29-. The van der Waals surface area contributed by atoms with E-state index >= 15 is 0 Å². The highest BCUT2D eigenvalue weighted by Gasteiger charge is 2.16. The van der Waals surface area contributed by atoms with E-state index in [1.807, 2.05) is 0 Å². The zero-order valence-corrected chi connectivity index (χ0v) is 40.6. The van der Waals surface area contributed by atoms with Crippen LogP contribution in [0, 0.1) is 0 Å². The molecule has 1 N–H and O–H groups in total. The Morgan fingerprint density at radius 1 is 0.387 bits per heavy atom. The van der Waals surface area contributed by atoms with Crippen LogP contribution in [0.25, 0.3) is 0 Å². The maximum absolute atomic E-state index is 12.3. The topological polar surface area (TPSA) is 72.8 Å². The molecule has 0 aromatic heterocycles. The van der Waals surface area contributed by atoms with Crippen molar-refractivity contribution < 1.29 is 24.2 Å². The van der Waals surface area contributed by atoms with Gasteiger partial charge in [-0.1, -0.05) is 247 Å². The molecule has 0 aliphatic heterocycles. The van der Waals surface area contributed by atoms with Crippen LogP contribution in [0.5, 0.6) is 0 Å². The summed E-state index contributed by atoms with van der Waals surface area (Å²) in [5.41, 5.74) is 0. The number of hydrogen-bond acceptors (Lipinski definition) is 5. The van der Waals surface area contributed by atoms with Crippen molar-refractivity contribution in [3.8, 4) is 0 Å². The molecule has 5 heteroatoms. The molecule has 0 saturated heterocycles. The lowest BCUT2D eigenvalue weighted by molar-refractivity contribution is -0.161. The summed E-state index contributed by atoms with van der Waals surface area (Å²) >= 11 is 0. The van der Waals surface area contributed by atoms with Crippen LogP contribution in [0.4, 0.5) is 0 Å². The molecule has 0 saturated carbocycles. The number of hydrogen-bond donors (Lipinski definition) is 1. The minimum absolute atomic E-state index is 0.0655. The Labute approximate surface area is 384 Å². The average molecular weight is 863 g/mol. The Balaban J connectivity index is 3.51. The Hall–Kier alpha value is -2.92.